The molecule has 416 valence electrons. The van der Waals surface area contributed by atoms with Crippen LogP contribution < -0.4 is 20.4 Å². The number of rotatable bonds is 17. The molecular formula is C62H55F3N16O2. The zero-order valence-corrected chi connectivity index (χ0v) is 45.7. The van der Waals surface area contributed by atoms with E-state index in [-0.39, 0.29) is 54.1 Å². The Hall–Kier alpha value is -9.78. The fraction of sp³-hybridized carbons (Fsp3) is 0.306. The number of nitriles is 3. The zero-order valence-electron chi connectivity index (χ0n) is 45.7. The Morgan fingerprint density at radius 2 is 1.33 bits per heavy atom. The van der Waals surface area contributed by atoms with Gasteiger partial charge in [-0.15, -0.1) is 20.4 Å². The third kappa shape index (κ3) is 10.7. The molecule has 1 saturated carbocycles. The Balaban J connectivity index is 0.822. The average Bonchev–Trinajstić information content (AvgIpc) is 3.91. The van der Waals surface area contributed by atoms with Crippen LogP contribution in [0.3, 0.4) is 0 Å². The molecule has 4 aromatic heterocycles. The normalized spacial score (nSPS) is 15.6. The Bertz CT molecular complexity index is 4030. The SMILES string of the molecule is CC(C)CNc1cc(-c2cc(C#N)ccc2-c2nncn2CCC(C#N)CNc2cc(-c3cc(C#N)ccc3-c3nncn3C)cc(N3Cc4c(cccc4C(F)(F)F)C3=O)n2)cc(N2Cc3ccc(CN4CCC5(CC5)C4)cc3C2=O)n1. The number of amides is 2. The monoisotopic (exact) mass is 1110 g/mol. The number of nitrogens with zero attached hydrogens (tertiary/aromatic N) is 14. The van der Waals surface area contributed by atoms with Gasteiger partial charge in [0.25, 0.3) is 11.8 Å². The van der Waals surface area contributed by atoms with E-state index in [0.29, 0.717) is 91.9 Å². The lowest BCUT2D eigenvalue weighted by molar-refractivity contribution is -0.138. The van der Waals surface area contributed by atoms with Gasteiger partial charge in [0.15, 0.2) is 11.6 Å². The smallest absolute Gasteiger partial charge is 0.370 e. The van der Waals surface area contributed by atoms with Gasteiger partial charge in [-0.1, -0.05) is 32.0 Å². The highest BCUT2D eigenvalue weighted by atomic mass is 19.4. The quantitative estimate of drug-likeness (QED) is 0.0865. The van der Waals surface area contributed by atoms with Gasteiger partial charge in [0.05, 0.1) is 53.9 Å². The minimum Gasteiger partial charge on any atom is -0.370 e. The summed E-state index contributed by atoms with van der Waals surface area (Å²) < 4.78 is 46.4. The van der Waals surface area contributed by atoms with E-state index in [1.807, 2.05) is 28.8 Å². The number of hydrogen-bond donors (Lipinski definition) is 2. The molecule has 1 atom stereocenters. The van der Waals surface area contributed by atoms with Crippen molar-refractivity contribution in [1.82, 2.24) is 44.4 Å². The summed E-state index contributed by atoms with van der Waals surface area (Å²) >= 11 is 0. The van der Waals surface area contributed by atoms with Crippen LogP contribution in [0.25, 0.3) is 45.0 Å². The minimum atomic E-state index is -4.71. The molecule has 0 bridgehead atoms. The number of aromatic nitrogens is 8. The molecule has 2 fully saturated rings. The molecule has 21 heteroatoms. The predicted octanol–water partition coefficient (Wildman–Crippen LogP) is 10.6. The maximum Gasteiger partial charge on any atom is 0.416 e. The fourth-order valence-corrected chi connectivity index (χ4v) is 11.5. The van der Waals surface area contributed by atoms with E-state index in [0.717, 1.165) is 36.8 Å². The van der Waals surface area contributed by atoms with E-state index in [9.17, 15) is 38.5 Å². The average molecular weight is 1110 g/mol. The number of alkyl halides is 3. The molecule has 4 aliphatic rings. The third-order valence-electron chi connectivity index (χ3n) is 16.2. The molecule has 4 aromatic carbocycles. The summed E-state index contributed by atoms with van der Waals surface area (Å²) in [6, 6.07) is 33.9. The number of halogens is 3. The summed E-state index contributed by atoms with van der Waals surface area (Å²) in [5, 5.41) is 54.8. The number of aryl methyl sites for hydroxylation is 2. The van der Waals surface area contributed by atoms with Crippen LogP contribution in [0.1, 0.15) is 93.6 Å². The minimum absolute atomic E-state index is 0.0423. The number of anilines is 4. The number of nitrogens with one attached hydrogen (secondary N) is 2. The maximum absolute atomic E-state index is 14.4. The van der Waals surface area contributed by atoms with Gasteiger partial charge in [-0.2, -0.15) is 29.0 Å². The summed E-state index contributed by atoms with van der Waals surface area (Å²) in [4.78, 5) is 43.6. The first-order valence-corrected chi connectivity index (χ1v) is 27.5. The molecule has 1 spiro atoms. The Morgan fingerprint density at radius 3 is 1.94 bits per heavy atom. The summed E-state index contributed by atoms with van der Waals surface area (Å²) in [5.41, 5.74) is 6.28. The van der Waals surface area contributed by atoms with E-state index in [2.05, 4.69) is 80.1 Å². The molecule has 1 saturated heterocycles. The van der Waals surface area contributed by atoms with Crippen molar-refractivity contribution in [1.29, 1.82) is 15.8 Å². The molecule has 0 radical (unpaired) electrons. The first-order chi connectivity index (χ1) is 40.1. The van der Waals surface area contributed by atoms with E-state index < -0.39 is 30.1 Å². The summed E-state index contributed by atoms with van der Waals surface area (Å²) in [6.45, 7) is 8.05. The Morgan fingerprint density at radius 1 is 0.687 bits per heavy atom. The number of carbonyl (C=O) groups excluding carboxylic acids is 2. The van der Waals surface area contributed by atoms with Gasteiger partial charge in [-0.25, -0.2) is 9.97 Å². The van der Waals surface area contributed by atoms with Crippen molar-refractivity contribution in [2.45, 2.75) is 71.9 Å². The van der Waals surface area contributed by atoms with Gasteiger partial charge < -0.3 is 19.8 Å². The number of benzene rings is 4. The maximum atomic E-state index is 14.4. The third-order valence-corrected chi connectivity index (χ3v) is 16.2. The summed E-state index contributed by atoms with van der Waals surface area (Å²) in [5.74, 6) is 1.01. The Kier molecular flexibility index (Phi) is 14.0. The number of likely N-dealkylation sites (tertiary alicyclic amines) is 1. The second-order valence-electron chi connectivity index (χ2n) is 22.4. The van der Waals surface area contributed by atoms with Crippen molar-refractivity contribution < 1.29 is 22.8 Å². The topological polar surface area (TPSA) is 226 Å². The van der Waals surface area contributed by atoms with Crippen LogP contribution in [-0.4, -0.2) is 82.4 Å². The van der Waals surface area contributed by atoms with Gasteiger partial charge in [-0.05, 0) is 161 Å². The first kappa shape index (κ1) is 53.8. The lowest BCUT2D eigenvalue weighted by Crippen LogP contribution is -2.25. The highest BCUT2D eigenvalue weighted by Crippen LogP contribution is 2.53. The molecule has 7 heterocycles. The molecular weight excluding hydrogens is 1060 g/mol. The van der Waals surface area contributed by atoms with Crippen molar-refractivity contribution >= 4 is 35.1 Å². The van der Waals surface area contributed by atoms with Crippen LogP contribution in [0.4, 0.5) is 36.4 Å². The highest BCUT2D eigenvalue weighted by molar-refractivity contribution is 6.11. The largest absolute Gasteiger partial charge is 0.416 e. The van der Waals surface area contributed by atoms with Gasteiger partial charge in [-0.3, -0.25) is 24.3 Å². The van der Waals surface area contributed by atoms with Gasteiger partial charge in [0.1, 0.15) is 35.9 Å². The lowest BCUT2D eigenvalue weighted by Gasteiger charge is -2.20. The zero-order chi connectivity index (χ0) is 57.7. The molecule has 18 nitrogen and oxygen atoms in total. The van der Waals surface area contributed by atoms with Crippen molar-refractivity contribution in [3.05, 3.63) is 154 Å². The summed E-state index contributed by atoms with van der Waals surface area (Å²) in [6.07, 6.45) is 2.51. The van der Waals surface area contributed by atoms with Crippen LogP contribution in [0.5, 0.6) is 0 Å². The van der Waals surface area contributed by atoms with Crippen LogP contribution in [0.15, 0.2) is 110 Å². The first-order valence-electron chi connectivity index (χ1n) is 27.5. The standard InChI is InChI=1S/C62H55F3N16O2/c1-37(2)29-69-53-22-44(24-55(73-53)80-32-42-10-7-40(21-50(42)60(80)83)31-78-18-16-61(34-78)14-15-61)49-20-39(27-67)9-12-46(49)58-76-72-36-79(58)17-13-41(28-68)30-70-54-23-43(48-19-38(26-66)8-11-45(48)57-75-71-35-77(57)3)25-56(74-54)81-33-51-47(59(81)82)5-4-6-52(51)62(63,64)65/h4-12,19-25,35-37,41H,13-18,29-34H2,1-3H3,(H,69,73)(H,70,74). The van der Waals surface area contributed by atoms with Crippen LogP contribution in [0, 0.1) is 51.2 Å². The lowest BCUT2D eigenvalue weighted by atomic mass is 9.97. The second kappa shape index (κ2) is 21.6. The van der Waals surface area contributed by atoms with Crippen LogP contribution in [0.2, 0.25) is 0 Å². The van der Waals surface area contributed by atoms with Gasteiger partial charge in [0, 0.05) is 62.0 Å². The van der Waals surface area contributed by atoms with E-state index >= 15 is 0 Å². The predicted molar refractivity (Wildman–Crippen MR) is 304 cm³/mol. The molecule has 12 rings (SSSR count). The van der Waals surface area contributed by atoms with Crippen molar-refractivity contribution in [2.24, 2.45) is 24.3 Å². The molecule has 8 aromatic rings. The van der Waals surface area contributed by atoms with Crippen molar-refractivity contribution in [3.63, 3.8) is 0 Å². The van der Waals surface area contributed by atoms with Crippen LogP contribution in [-0.2, 0) is 39.4 Å². The molecule has 83 heavy (non-hydrogen) atoms. The second-order valence-corrected chi connectivity index (χ2v) is 22.4. The molecule has 2 amide bonds. The summed E-state index contributed by atoms with van der Waals surface area (Å²) in [7, 11) is 1.76. The number of fused-ring (bicyclic) bond motifs is 2. The number of hydrogen-bond acceptors (Lipinski definition) is 14. The molecule has 1 aliphatic carbocycles. The fourth-order valence-electron chi connectivity index (χ4n) is 11.5. The Labute approximate surface area is 476 Å². The van der Waals surface area contributed by atoms with E-state index in [1.165, 1.54) is 42.6 Å². The molecule has 1 unspecified atom stereocenters. The van der Waals surface area contributed by atoms with E-state index in [1.54, 1.807) is 65.3 Å². The van der Waals surface area contributed by atoms with E-state index in [4.69, 9.17) is 9.97 Å². The highest BCUT2D eigenvalue weighted by Gasteiger charge is 2.47. The van der Waals surface area contributed by atoms with Crippen molar-refractivity contribution in [3.8, 4) is 63.2 Å². The van der Waals surface area contributed by atoms with Gasteiger partial charge in [0.2, 0.25) is 0 Å². The van der Waals surface area contributed by atoms with Gasteiger partial charge >= 0.3 is 6.18 Å². The molecule has 3 aliphatic heterocycles. The van der Waals surface area contributed by atoms with Crippen molar-refractivity contribution in [2.75, 3.05) is 46.6 Å². The number of pyridine rings is 2. The van der Waals surface area contributed by atoms with Crippen LogP contribution >= 0.6 is 0 Å². The number of carbonyl (C=O) groups is 2. The molecule has 2 N–H and O–H groups in total.